The van der Waals surface area contributed by atoms with Gasteiger partial charge in [-0.25, -0.2) is 9.99 Å². The fourth-order valence-corrected chi connectivity index (χ4v) is 4.38. The summed E-state index contributed by atoms with van der Waals surface area (Å²) in [4.78, 5) is 33.5. The van der Waals surface area contributed by atoms with Gasteiger partial charge in [-0.2, -0.15) is 33.5 Å². The molecule has 13 heteroatoms. The first-order chi connectivity index (χ1) is 15.5. The summed E-state index contributed by atoms with van der Waals surface area (Å²) in [6.45, 7) is 3.89. The molecule has 1 atom stereocenters. The van der Waals surface area contributed by atoms with Crippen LogP contribution >= 0.6 is 0 Å². The molecule has 2 amide bonds. The highest BCUT2D eigenvalue weighted by molar-refractivity contribution is 6.17. The second kappa shape index (κ2) is 7.05. The maximum absolute atomic E-state index is 13.6. The van der Waals surface area contributed by atoms with Gasteiger partial charge in [-0.1, -0.05) is 13.8 Å². The number of fused-ring (bicyclic) bond motifs is 2. The van der Waals surface area contributed by atoms with Crippen LogP contribution in [0.25, 0.3) is 5.82 Å². The number of anilines is 1. The molecule has 1 aliphatic carbocycles. The lowest BCUT2D eigenvalue weighted by molar-refractivity contribution is -0.137. The summed E-state index contributed by atoms with van der Waals surface area (Å²) < 4.78 is 40.9. The van der Waals surface area contributed by atoms with E-state index >= 15 is 0 Å². The molecule has 10 nitrogen and oxygen atoms in total. The van der Waals surface area contributed by atoms with E-state index in [4.69, 9.17) is 0 Å². The largest absolute Gasteiger partial charge is 0.420 e. The van der Waals surface area contributed by atoms with Crippen LogP contribution in [-0.4, -0.2) is 55.4 Å². The van der Waals surface area contributed by atoms with Gasteiger partial charge in [0.1, 0.15) is 12.1 Å². The molecule has 0 radical (unpaired) electrons. The van der Waals surface area contributed by atoms with E-state index in [0.717, 1.165) is 22.6 Å². The van der Waals surface area contributed by atoms with Crippen LogP contribution in [0.3, 0.4) is 0 Å². The van der Waals surface area contributed by atoms with E-state index in [-0.39, 0.29) is 18.1 Å². The van der Waals surface area contributed by atoms with Crippen molar-refractivity contribution < 1.29 is 22.8 Å². The molecule has 1 unspecified atom stereocenters. The van der Waals surface area contributed by atoms with Gasteiger partial charge in [0.2, 0.25) is 5.91 Å². The van der Waals surface area contributed by atoms with Crippen molar-refractivity contribution >= 4 is 29.6 Å². The normalized spacial score (nSPS) is 21.2. The number of aliphatic imine (C=N–C) groups is 1. The number of carbonyl (C=O) groups is 2. The maximum Gasteiger partial charge on any atom is 0.420 e. The Morgan fingerprint density at radius 3 is 2.67 bits per heavy atom. The van der Waals surface area contributed by atoms with Crippen molar-refractivity contribution in [3.63, 3.8) is 0 Å². The predicted octanol–water partition coefficient (Wildman–Crippen LogP) is 2.20. The van der Waals surface area contributed by atoms with Crippen LogP contribution in [0.1, 0.15) is 25.8 Å². The minimum Gasteiger partial charge on any atom is -0.324 e. The zero-order valence-corrected chi connectivity index (χ0v) is 17.5. The van der Waals surface area contributed by atoms with Gasteiger partial charge in [0.05, 0.1) is 36.4 Å². The van der Waals surface area contributed by atoms with Crippen molar-refractivity contribution in [1.82, 2.24) is 25.0 Å². The van der Waals surface area contributed by atoms with E-state index in [0.29, 0.717) is 17.8 Å². The fourth-order valence-electron chi connectivity index (χ4n) is 4.38. The Balaban J connectivity index is 1.46. The van der Waals surface area contributed by atoms with E-state index in [1.807, 2.05) is 13.8 Å². The Morgan fingerprint density at radius 2 is 1.97 bits per heavy atom. The number of hydrazone groups is 1. The van der Waals surface area contributed by atoms with Crippen molar-refractivity contribution in [2.75, 3.05) is 11.9 Å². The first kappa shape index (κ1) is 21.0. The molecular weight excluding hydrogens is 441 g/mol. The first-order valence-electron chi connectivity index (χ1n) is 9.97. The molecule has 0 bridgehead atoms. The fraction of sp³-hybridized carbons (Fsp3) is 0.350. The number of aromatic nitrogens is 4. The zero-order chi connectivity index (χ0) is 23.5. The molecule has 0 spiro atoms. The van der Waals surface area contributed by atoms with E-state index in [9.17, 15) is 22.8 Å². The third-order valence-corrected chi connectivity index (χ3v) is 5.74. The number of hydrogen-bond donors (Lipinski definition) is 1. The average molecular weight is 458 g/mol. The molecule has 33 heavy (non-hydrogen) atoms. The third-order valence-electron chi connectivity index (χ3n) is 5.74. The van der Waals surface area contributed by atoms with E-state index in [2.05, 4.69) is 30.6 Å². The van der Waals surface area contributed by atoms with Gasteiger partial charge in [0.25, 0.3) is 5.91 Å². The molecule has 0 fully saturated rings. The van der Waals surface area contributed by atoms with Gasteiger partial charge in [0, 0.05) is 5.57 Å². The Hall–Kier alpha value is -3.90. The maximum atomic E-state index is 13.6. The smallest absolute Gasteiger partial charge is 0.324 e. The quantitative estimate of drug-likeness (QED) is 0.754. The predicted molar refractivity (Wildman–Crippen MR) is 109 cm³/mol. The van der Waals surface area contributed by atoms with Gasteiger partial charge in [0.15, 0.2) is 11.7 Å². The van der Waals surface area contributed by atoms with Crippen molar-refractivity contribution in [2.24, 2.45) is 21.4 Å². The molecule has 170 valence electrons. The van der Waals surface area contributed by atoms with Crippen LogP contribution in [0.2, 0.25) is 0 Å². The molecule has 0 aromatic carbocycles. The number of nitrogens with one attached hydrogen (secondary N) is 1. The van der Waals surface area contributed by atoms with Crippen LogP contribution in [0.5, 0.6) is 0 Å². The Bertz CT molecular complexity index is 1260. The summed E-state index contributed by atoms with van der Waals surface area (Å²) in [5, 5.41) is 15.7. The molecule has 1 N–H and O–H groups in total. The van der Waals surface area contributed by atoms with Crippen LogP contribution in [0.15, 0.2) is 45.9 Å². The summed E-state index contributed by atoms with van der Waals surface area (Å²) in [6, 6.07) is 0.801. The van der Waals surface area contributed by atoms with Crippen molar-refractivity contribution in [3.8, 4) is 5.82 Å². The molecule has 2 aromatic heterocycles. The van der Waals surface area contributed by atoms with Gasteiger partial charge in [-0.05, 0) is 23.5 Å². The van der Waals surface area contributed by atoms with Crippen LogP contribution < -0.4 is 5.32 Å². The molecule has 2 aromatic rings. The number of rotatable bonds is 3. The molecule has 2 aliphatic heterocycles. The van der Waals surface area contributed by atoms with Crippen molar-refractivity contribution in [1.29, 1.82) is 0 Å². The molecule has 4 heterocycles. The lowest BCUT2D eigenvalue weighted by atomic mass is 9.83. The summed E-state index contributed by atoms with van der Waals surface area (Å²) >= 11 is 0. The number of amidine groups is 1. The number of pyridine rings is 1. The molecule has 0 saturated heterocycles. The standard InChI is InChI=1S/C20H17F3N8O2/c1-19(2)6-11(12-8-27-30-9-14(32)29-17(30)15(12)19)18(33)28-10-5-13(20(21,22)23)16(24-7-10)31-25-3-4-26-31/h3-5,7-8,11H,6,9H2,1-2H3,(H,28,33). The van der Waals surface area contributed by atoms with E-state index < -0.39 is 34.8 Å². The number of hydrogen-bond acceptors (Lipinski definition) is 7. The highest BCUT2D eigenvalue weighted by Crippen LogP contribution is 2.48. The average Bonchev–Trinajstić information content (AvgIpc) is 3.44. The summed E-state index contributed by atoms with van der Waals surface area (Å²) in [5.41, 5.74) is -0.341. The minimum atomic E-state index is -4.74. The first-order valence-corrected chi connectivity index (χ1v) is 9.97. The molecular formula is C20H17F3N8O2. The van der Waals surface area contributed by atoms with E-state index in [1.54, 1.807) is 0 Å². The monoisotopic (exact) mass is 458 g/mol. The lowest BCUT2D eigenvalue weighted by Crippen LogP contribution is -2.32. The summed E-state index contributed by atoms with van der Waals surface area (Å²) in [7, 11) is 0. The summed E-state index contributed by atoms with van der Waals surface area (Å²) in [6.07, 6.45) is 0.759. The SMILES string of the molecule is CC1(C)CC(C(=O)Nc2cnc(-n3nccn3)c(C(F)(F)F)c2)C2=C1C1=NC(=O)CN1N=C2. The Morgan fingerprint density at radius 1 is 1.24 bits per heavy atom. The van der Waals surface area contributed by atoms with Crippen LogP contribution in [-0.2, 0) is 15.8 Å². The van der Waals surface area contributed by atoms with Gasteiger partial charge in [-0.15, -0.1) is 4.80 Å². The van der Waals surface area contributed by atoms with Crippen molar-refractivity contribution in [3.05, 3.63) is 41.4 Å². The highest BCUT2D eigenvalue weighted by atomic mass is 19.4. The number of amides is 2. The topological polar surface area (TPSA) is 118 Å². The second-order valence-electron chi connectivity index (χ2n) is 8.50. The molecule has 5 rings (SSSR count). The molecule has 0 saturated carbocycles. The highest BCUT2D eigenvalue weighted by Gasteiger charge is 2.48. The van der Waals surface area contributed by atoms with Gasteiger partial charge >= 0.3 is 6.18 Å². The van der Waals surface area contributed by atoms with Gasteiger partial charge < -0.3 is 5.32 Å². The zero-order valence-electron chi connectivity index (χ0n) is 17.5. The van der Waals surface area contributed by atoms with Crippen molar-refractivity contribution in [2.45, 2.75) is 26.4 Å². The third kappa shape index (κ3) is 3.49. The Kier molecular flexibility index (Phi) is 4.48. The van der Waals surface area contributed by atoms with Crippen LogP contribution in [0.4, 0.5) is 18.9 Å². The summed E-state index contributed by atoms with van der Waals surface area (Å²) in [5.74, 6) is -1.58. The number of halogens is 3. The lowest BCUT2D eigenvalue weighted by Gasteiger charge is -2.27. The van der Waals surface area contributed by atoms with Crippen LogP contribution in [0, 0.1) is 11.3 Å². The minimum absolute atomic E-state index is 0.0406. The number of carbonyl (C=O) groups excluding carboxylic acids is 2. The van der Waals surface area contributed by atoms with Gasteiger partial charge in [-0.3, -0.25) is 9.59 Å². The number of nitrogens with zero attached hydrogens (tertiary/aromatic N) is 7. The van der Waals surface area contributed by atoms with E-state index in [1.165, 1.54) is 23.6 Å². The Labute approximate surface area is 184 Å². The molecule has 3 aliphatic rings. The number of alkyl halides is 3. The second-order valence-corrected chi connectivity index (χ2v) is 8.50.